The first-order chi connectivity index (χ1) is 6.86. The minimum atomic E-state index is 0.832. The zero-order chi connectivity index (χ0) is 9.80. The van der Waals surface area contributed by atoms with Gasteiger partial charge in [0.25, 0.3) is 0 Å². The number of likely N-dealkylation sites (N-methyl/N-ethyl adjacent to an activating group) is 1. The lowest BCUT2D eigenvalue weighted by atomic mass is 10.5. The highest BCUT2D eigenvalue weighted by Crippen LogP contribution is 2.24. The average Bonchev–Trinajstić information content (AvgIpc) is 3.02. The quantitative estimate of drug-likeness (QED) is 0.755. The molecule has 0 radical (unpaired) electrons. The van der Waals surface area contributed by atoms with Crippen LogP contribution in [0.4, 0.5) is 5.82 Å². The molecule has 1 N–H and O–H groups in total. The van der Waals surface area contributed by atoms with E-state index in [-0.39, 0.29) is 0 Å². The lowest BCUT2D eigenvalue weighted by Crippen LogP contribution is -2.27. The highest BCUT2D eigenvalue weighted by atomic mass is 15.2. The molecule has 4 nitrogen and oxygen atoms in total. The number of rotatable bonds is 5. The molecule has 1 heterocycles. The fourth-order valence-corrected chi connectivity index (χ4v) is 1.45. The summed E-state index contributed by atoms with van der Waals surface area (Å²) < 4.78 is 0. The smallest absolute Gasteiger partial charge is 0.144 e. The summed E-state index contributed by atoms with van der Waals surface area (Å²) in [6.45, 7) is 2.01. The van der Waals surface area contributed by atoms with Gasteiger partial charge in [0.2, 0.25) is 0 Å². The molecule has 0 bridgehead atoms. The third-order valence-electron chi connectivity index (χ3n) is 2.50. The molecular formula is C10H16N4. The number of nitrogens with zero attached hydrogens (tertiary/aromatic N) is 3. The van der Waals surface area contributed by atoms with E-state index >= 15 is 0 Å². The van der Waals surface area contributed by atoms with Gasteiger partial charge < -0.3 is 10.2 Å². The lowest BCUT2D eigenvalue weighted by Gasteiger charge is -2.15. The first kappa shape index (κ1) is 9.40. The normalized spacial score (nSPS) is 15.9. The van der Waals surface area contributed by atoms with Crippen molar-refractivity contribution < 1.29 is 0 Å². The van der Waals surface area contributed by atoms with Crippen LogP contribution in [0.25, 0.3) is 0 Å². The summed E-state index contributed by atoms with van der Waals surface area (Å²) in [6, 6.07) is 0.832. The van der Waals surface area contributed by atoms with Gasteiger partial charge >= 0.3 is 0 Å². The van der Waals surface area contributed by atoms with Crippen molar-refractivity contribution in [3.05, 3.63) is 18.6 Å². The predicted octanol–water partition coefficient (Wildman–Crippen LogP) is 0.983. The number of hydrogen-bond acceptors (Lipinski definition) is 4. The molecular weight excluding hydrogens is 176 g/mol. The highest BCUT2D eigenvalue weighted by molar-refractivity contribution is 5.29. The summed E-state index contributed by atoms with van der Waals surface area (Å²) in [5.41, 5.74) is 0. The number of nitrogens with one attached hydrogen (secondary N) is 1. The Morgan fingerprint density at radius 2 is 2.36 bits per heavy atom. The Kier molecular flexibility index (Phi) is 2.93. The third-order valence-corrected chi connectivity index (χ3v) is 2.50. The Balaban J connectivity index is 1.67. The van der Waals surface area contributed by atoms with Crippen LogP contribution >= 0.6 is 0 Å². The third kappa shape index (κ3) is 2.67. The first-order valence-corrected chi connectivity index (χ1v) is 5.06. The van der Waals surface area contributed by atoms with Gasteiger partial charge in [-0.2, -0.15) is 0 Å². The molecule has 76 valence electrons. The first-order valence-electron chi connectivity index (χ1n) is 5.06. The van der Waals surface area contributed by atoms with E-state index in [1.165, 1.54) is 12.8 Å². The fraction of sp³-hybridized carbons (Fsp3) is 0.600. The maximum Gasteiger partial charge on any atom is 0.144 e. The zero-order valence-electron chi connectivity index (χ0n) is 8.48. The molecule has 2 rings (SSSR count). The largest absolute Gasteiger partial charge is 0.368 e. The van der Waals surface area contributed by atoms with Gasteiger partial charge in [-0.15, -0.1) is 0 Å². The van der Waals surface area contributed by atoms with Crippen LogP contribution in [0.5, 0.6) is 0 Å². The second kappa shape index (κ2) is 4.37. The topological polar surface area (TPSA) is 41.0 Å². The summed E-state index contributed by atoms with van der Waals surface area (Å²) in [5, 5.41) is 3.24. The summed E-state index contributed by atoms with van der Waals surface area (Å²) in [6.07, 6.45) is 7.86. The Hall–Kier alpha value is -1.16. The van der Waals surface area contributed by atoms with Crippen LogP contribution in [0.3, 0.4) is 0 Å². The lowest BCUT2D eigenvalue weighted by molar-refractivity contribution is 0.337. The van der Waals surface area contributed by atoms with Crippen molar-refractivity contribution in [1.29, 1.82) is 0 Å². The Labute approximate surface area is 84.4 Å². The minimum Gasteiger partial charge on any atom is -0.368 e. The molecule has 1 fully saturated rings. The van der Waals surface area contributed by atoms with Gasteiger partial charge in [-0.1, -0.05) is 0 Å². The summed E-state index contributed by atoms with van der Waals surface area (Å²) in [5.74, 6) is 0.858. The van der Waals surface area contributed by atoms with Crippen molar-refractivity contribution in [2.75, 3.05) is 25.5 Å². The Bertz CT molecular complexity index is 271. The molecule has 0 spiro atoms. The maximum absolute atomic E-state index is 4.14. The van der Waals surface area contributed by atoms with Gasteiger partial charge in [-0.3, -0.25) is 4.98 Å². The monoisotopic (exact) mass is 192 g/mol. The molecule has 0 aliphatic heterocycles. The van der Waals surface area contributed by atoms with Gasteiger partial charge in [-0.25, -0.2) is 4.98 Å². The van der Waals surface area contributed by atoms with Crippen LogP contribution in [0, 0.1) is 0 Å². The van der Waals surface area contributed by atoms with Crippen LogP contribution in [-0.2, 0) is 0 Å². The van der Waals surface area contributed by atoms with E-state index < -0.39 is 0 Å². The molecule has 4 heteroatoms. The molecule has 0 atom stereocenters. The zero-order valence-corrected chi connectivity index (χ0v) is 8.48. The Morgan fingerprint density at radius 1 is 1.50 bits per heavy atom. The van der Waals surface area contributed by atoms with Crippen LogP contribution in [0.2, 0.25) is 0 Å². The van der Waals surface area contributed by atoms with E-state index in [9.17, 15) is 0 Å². The summed E-state index contributed by atoms with van der Waals surface area (Å²) in [4.78, 5) is 10.5. The van der Waals surface area contributed by atoms with Crippen molar-refractivity contribution in [3.8, 4) is 0 Å². The van der Waals surface area contributed by atoms with Gasteiger partial charge in [-0.05, 0) is 19.9 Å². The second-order valence-electron chi connectivity index (χ2n) is 3.73. The molecule has 1 aliphatic rings. The van der Waals surface area contributed by atoms with Crippen LogP contribution in [0.1, 0.15) is 12.8 Å². The Morgan fingerprint density at radius 3 is 3.00 bits per heavy atom. The molecule has 1 aromatic rings. The van der Waals surface area contributed by atoms with E-state index in [0.29, 0.717) is 0 Å². The van der Waals surface area contributed by atoms with Crippen LogP contribution < -0.4 is 5.32 Å². The number of anilines is 1. The summed E-state index contributed by atoms with van der Waals surface area (Å²) in [7, 11) is 2.18. The van der Waals surface area contributed by atoms with E-state index in [4.69, 9.17) is 0 Å². The van der Waals surface area contributed by atoms with E-state index in [0.717, 1.165) is 24.9 Å². The molecule has 14 heavy (non-hydrogen) atoms. The van der Waals surface area contributed by atoms with Gasteiger partial charge in [0.15, 0.2) is 0 Å². The van der Waals surface area contributed by atoms with Crippen molar-refractivity contribution in [2.24, 2.45) is 0 Å². The molecule has 0 unspecified atom stereocenters. The SMILES string of the molecule is CN(CCNc1cnccn1)C1CC1. The maximum atomic E-state index is 4.14. The van der Waals surface area contributed by atoms with Crippen molar-refractivity contribution in [2.45, 2.75) is 18.9 Å². The van der Waals surface area contributed by atoms with E-state index in [1.807, 2.05) is 0 Å². The van der Waals surface area contributed by atoms with Crippen LogP contribution in [-0.4, -0.2) is 41.0 Å². The molecule has 1 saturated carbocycles. The molecule has 0 saturated heterocycles. The molecule has 1 aromatic heterocycles. The van der Waals surface area contributed by atoms with Crippen LogP contribution in [0.15, 0.2) is 18.6 Å². The van der Waals surface area contributed by atoms with Crippen molar-refractivity contribution >= 4 is 5.82 Å². The number of aromatic nitrogens is 2. The van der Waals surface area contributed by atoms with Gasteiger partial charge in [0.05, 0.1) is 6.20 Å². The minimum absolute atomic E-state index is 0.832. The van der Waals surface area contributed by atoms with Gasteiger partial charge in [0.1, 0.15) is 5.82 Å². The second-order valence-corrected chi connectivity index (χ2v) is 3.73. The molecule has 1 aliphatic carbocycles. The average molecular weight is 192 g/mol. The van der Waals surface area contributed by atoms with E-state index in [1.54, 1.807) is 18.6 Å². The van der Waals surface area contributed by atoms with Crippen molar-refractivity contribution in [3.63, 3.8) is 0 Å². The summed E-state index contributed by atoms with van der Waals surface area (Å²) >= 11 is 0. The predicted molar refractivity (Wildman–Crippen MR) is 56.2 cm³/mol. The molecule has 0 amide bonds. The van der Waals surface area contributed by atoms with E-state index in [2.05, 4.69) is 27.2 Å². The fourth-order valence-electron chi connectivity index (χ4n) is 1.45. The standard InChI is InChI=1S/C10H16N4/c1-14(9-2-3-9)7-6-13-10-8-11-4-5-12-10/h4-5,8-9H,2-3,6-7H2,1H3,(H,12,13). The highest BCUT2D eigenvalue weighted by Gasteiger charge is 2.25. The number of hydrogen-bond donors (Lipinski definition) is 1. The molecule has 0 aromatic carbocycles. The van der Waals surface area contributed by atoms with Gasteiger partial charge in [0, 0.05) is 31.5 Å². The van der Waals surface area contributed by atoms with Crippen molar-refractivity contribution in [1.82, 2.24) is 14.9 Å².